The van der Waals surface area contributed by atoms with Crippen molar-refractivity contribution in [3.63, 3.8) is 0 Å². The van der Waals surface area contributed by atoms with Gasteiger partial charge in [0.1, 0.15) is 16.3 Å². The Kier molecular flexibility index (Phi) is 4.00. The molecule has 0 radical (unpaired) electrons. The smallest absolute Gasteiger partial charge is 0.241 e. The Hall–Kier alpha value is -2.38. The lowest BCUT2D eigenvalue weighted by Gasteiger charge is -2.14. The van der Waals surface area contributed by atoms with Gasteiger partial charge in [-0.15, -0.1) is 0 Å². The second-order valence-corrected chi connectivity index (χ2v) is 8.13. The fourth-order valence-corrected chi connectivity index (χ4v) is 4.16. The van der Waals surface area contributed by atoms with Crippen molar-refractivity contribution in [3.8, 4) is 17.0 Å². The van der Waals surface area contributed by atoms with Crippen LogP contribution in [0.5, 0.6) is 5.75 Å². The van der Waals surface area contributed by atoms with Crippen LogP contribution in [0.4, 0.5) is 0 Å². The van der Waals surface area contributed by atoms with Crippen LogP contribution < -0.4 is 9.88 Å². The normalized spacial score (nSPS) is 14.7. The Bertz CT molecular complexity index is 1100. The number of benzene rings is 2. The monoisotopic (exact) mass is 372 g/mol. The molecule has 0 unspecified atom stereocenters. The summed E-state index contributed by atoms with van der Waals surface area (Å²) >= 11 is 0. The molecule has 4 rings (SSSR count). The maximum Gasteiger partial charge on any atom is 0.241 e. The first-order valence-electron chi connectivity index (χ1n) is 8.56. The lowest BCUT2D eigenvalue weighted by atomic mass is 9.98. The molecule has 1 fully saturated rings. The van der Waals surface area contributed by atoms with Gasteiger partial charge in [0.15, 0.2) is 5.58 Å². The first-order chi connectivity index (χ1) is 12.4. The molecule has 3 aromatic rings. The molecule has 0 saturated heterocycles. The molecule has 26 heavy (non-hydrogen) atoms. The SMILES string of the molecule is CCc1cc(-c2noc3cccc(C4CC4)c23)c(OC)c(S(N)(=O)=O)c1. The van der Waals surface area contributed by atoms with E-state index in [1.807, 2.05) is 25.1 Å². The second-order valence-electron chi connectivity index (χ2n) is 6.60. The Morgan fingerprint density at radius 2 is 2.08 bits per heavy atom. The molecule has 1 heterocycles. The van der Waals surface area contributed by atoms with Crippen molar-refractivity contribution < 1.29 is 17.7 Å². The fraction of sp³-hybridized carbons (Fsp3) is 0.316. The Morgan fingerprint density at radius 1 is 1.31 bits per heavy atom. The molecule has 2 aromatic carbocycles. The van der Waals surface area contributed by atoms with Gasteiger partial charge in [0.25, 0.3) is 0 Å². The van der Waals surface area contributed by atoms with Crippen molar-refractivity contribution >= 4 is 21.0 Å². The number of fused-ring (bicyclic) bond motifs is 1. The Labute approximate surface area is 152 Å². The average Bonchev–Trinajstić information content (AvgIpc) is 3.38. The van der Waals surface area contributed by atoms with Gasteiger partial charge in [-0.1, -0.05) is 24.2 Å². The fourth-order valence-electron chi connectivity index (χ4n) is 3.40. The molecule has 1 aromatic heterocycles. The van der Waals surface area contributed by atoms with E-state index in [4.69, 9.17) is 14.4 Å². The van der Waals surface area contributed by atoms with Crippen LogP contribution in [0.15, 0.2) is 39.8 Å². The zero-order valence-corrected chi connectivity index (χ0v) is 15.5. The molecular weight excluding hydrogens is 352 g/mol. The number of rotatable bonds is 5. The minimum atomic E-state index is -3.94. The quantitative estimate of drug-likeness (QED) is 0.738. The summed E-state index contributed by atoms with van der Waals surface area (Å²) in [6.07, 6.45) is 2.93. The second kappa shape index (κ2) is 6.10. The molecule has 0 bridgehead atoms. The van der Waals surface area contributed by atoms with Crippen molar-refractivity contribution in [2.45, 2.75) is 37.0 Å². The number of hydrogen-bond donors (Lipinski definition) is 1. The molecule has 136 valence electrons. The van der Waals surface area contributed by atoms with E-state index in [1.54, 1.807) is 6.07 Å². The highest BCUT2D eigenvalue weighted by Crippen LogP contribution is 2.47. The zero-order chi connectivity index (χ0) is 18.5. The van der Waals surface area contributed by atoms with Crippen LogP contribution in [0.25, 0.3) is 22.2 Å². The standard InChI is InChI=1S/C19H20N2O4S/c1-3-11-9-14(19(24-2)16(10-11)26(20,22)23)18-17-13(12-7-8-12)5-4-6-15(17)25-21-18/h4-6,9-10,12H,3,7-8H2,1-2H3,(H2,20,22,23). The lowest BCUT2D eigenvalue weighted by Crippen LogP contribution is -2.14. The predicted molar refractivity (Wildman–Crippen MR) is 98.7 cm³/mol. The van der Waals surface area contributed by atoms with E-state index in [-0.39, 0.29) is 10.6 Å². The summed E-state index contributed by atoms with van der Waals surface area (Å²) in [6, 6.07) is 9.36. The van der Waals surface area contributed by atoms with Gasteiger partial charge in [0.05, 0.1) is 12.5 Å². The van der Waals surface area contributed by atoms with Crippen molar-refractivity contribution in [3.05, 3.63) is 41.5 Å². The summed E-state index contributed by atoms with van der Waals surface area (Å²) in [6.45, 7) is 1.95. The van der Waals surface area contributed by atoms with E-state index < -0.39 is 10.0 Å². The van der Waals surface area contributed by atoms with Crippen LogP contribution in [-0.4, -0.2) is 20.7 Å². The number of ether oxygens (including phenoxy) is 1. The molecule has 7 heteroatoms. The zero-order valence-electron chi connectivity index (χ0n) is 14.7. The van der Waals surface area contributed by atoms with Gasteiger partial charge in [0, 0.05) is 5.56 Å². The van der Waals surface area contributed by atoms with Crippen LogP contribution in [0.3, 0.4) is 0 Å². The number of nitrogens with zero attached hydrogens (tertiary/aromatic N) is 1. The minimum absolute atomic E-state index is 0.0330. The molecule has 0 amide bonds. The maximum atomic E-state index is 12.1. The van der Waals surface area contributed by atoms with Crippen molar-refractivity contribution in [1.29, 1.82) is 0 Å². The number of nitrogens with two attached hydrogens (primary N) is 1. The van der Waals surface area contributed by atoms with E-state index in [1.165, 1.54) is 12.7 Å². The summed E-state index contributed by atoms with van der Waals surface area (Å²) in [5.74, 6) is 0.695. The molecule has 0 atom stereocenters. The number of aryl methyl sites for hydroxylation is 1. The third-order valence-electron chi connectivity index (χ3n) is 4.84. The molecule has 0 spiro atoms. The predicted octanol–water partition coefficient (Wildman–Crippen LogP) is 3.59. The van der Waals surface area contributed by atoms with Gasteiger partial charge in [-0.05, 0) is 54.5 Å². The summed E-state index contributed by atoms with van der Waals surface area (Å²) in [7, 11) is -2.51. The van der Waals surface area contributed by atoms with E-state index in [0.29, 0.717) is 29.2 Å². The molecule has 1 aliphatic carbocycles. The summed E-state index contributed by atoms with van der Waals surface area (Å²) in [5.41, 5.74) is 3.89. The van der Waals surface area contributed by atoms with Crippen molar-refractivity contribution in [2.75, 3.05) is 7.11 Å². The minimum Gasteiger partial charge on any atom is -0.495 e. The van der Waals surface area contributed by atoms with Gasteiger partial charge >= 0.3 is 0 Å². The van der Waals surface area contributed by atoms with Crippen molar-refractivity contribution in [1.82, 2.24) is 5.16 Å². The lowest BCUT2D eigenvalue weighted by molar-refractivity contribution is 0.403. The average molecular weight is 372 g/mol. The number of hydrogen-bond acceptors (Lipinski definition) is 5. The topological polar surface area (TPSA) is 95.4 Å². The van der Waals surface area contributed by atoms with Gasteiger partial charge < -0.3 is 9.26 Å². The van der Waals surface area contributed by atoms with Gasteiger partial charge in [0.2, 0.25) is 10.0 Å². The third-order valence-corrected chi connectivity index (χ3v) is 5.75. The highest BCUT2D eigenvalue weighted by molar-refractivity contribution is 7.89. The first-order valence-corrected chi connectivity index (χ1v) is 10.1. The van der Waals surface area contributed by atoms with Crippen LogP contribution >= 0.6 is 0 Å². The third kappa shape index (κ3) is 2.77. The highest BCUT2D eigenvalue weighted by atomic mass is 32.2. The summed E-state index contributed by atoms with van der Waals surface area (Å²) in [4.78, 5) is -0.0330. The van der Waals surface area contributed by atoms with E-state index in [2.05, 4.69) is 11.2 Å². The summed E-state index contributed by atoms with van der Waals surface area (Å²) < 4.78 is 35.2. The molecule has 2 N–H and O–H groups in total. The largest absolute Gasteiger partial charge is 0.495 e. The first kappa shape index (κ1) is 17.1. The number of sulfonamides is 1. The van der Waals surface area contributed by atoms with Crippen molar-refractivity contribution in [2.24, 2.45) is 5.14 Å². The molecule has 1 aliphatic rings. The molecule has 1 saturated carbocycles. The number of primary sulfonamides is 1. The Balaban J connectivity index is 2.06. The molecule has 6 nitrogen and oxygen atoms in total. The number of methoxy groups -OCH3 is 1. The van der Waals surface area contributed by atoms with Gasteiger partial charge in [-0.3, -0.25) is 0 Å². The van der Waals surface area contributed by atoms with E-state index in [0.717, 1.165) is 23.8 Å². The van der Waals surface area contributed by atoms with Crippen LogP contribution in [0.2, 0.25) is 0 Å². The summed E-state index contributed by atoms with van der Waals surface area (Å²) in [5, 5.41) is 10.6. The highest BCUT2D eigenvalue weighted by Gasteiger charge is 2.30. The molecule has 0 aliphatic heterocycles. The van der Waals surface area contributed by atoms with E-state index in [9.17, 15) is 8.42 Å². The maximum absolute atomic E-state index is 12.1. The van der Waals surface area contributed by atoms with Gasteiger partial charge in [-0.25, -0.2) is 13.6 Å². The van der Waals surface area contributed by atoms with E-state index >= 15 is 0 Å². The van der Waals surface area contributed by atoms with Crippen LogP contribution in [0.1, 0.15) is 36.8 Å². The van der Waals surface area contributed by atoms with Gasteiger partial charge in [-0.2, -0.15) is 0 Å². The van der Waals surface area contributed by atoms with Crippen LogP contribution in [0, 0.1) is 0 Å². The van der Waals surface area contributed by atoms with Crippen LogP contribution in [-0.2, 0) is 16.4 Å². The number of aromatic nitrogens is 1. The molecular formula is C19H20N2O4S. The Morgan fingerprint density at radius 3 is 2.69 bits per heavy atom.